The van der Waals surface area contributed by atoms with E-state index in [2.05, 4.69) is 21.2 Å². The molecular formula is C30H45BrF6N2O2PdSi2. The van der Waals surface area contributed by atoms with Crippen molar-refractivity contribution in [3.05, 3.63) is 64.1 Å². The Kier molecular flexibility index (Phi) is 14.5. The van der Waals surface area contributed by atoms with Gasteiger partial charge >= 0.3 is 12.4 Å². The summed E-state index contributed by atoms with van der Waals surface area (Å²) in [5.74, 6) is 0. The molecule has 0 aromatic heterocycles. The second-order valence-electron chi connectivity index (χ2n) is 13.3. The standard InChI is InChI=1S/C15H22F3NOSi.C12H16BrF3OSi.C3H7N.Pd/c1-14(15(16,17)18,20-21(2,3)4)11-5-7-12(8-6-11)19-13-9-10-13;1-11(12(14,15)16,17-18(2,3)4)9-5-7-10(13)8-6-9;4-3-1-2-3;/h5-8,13,19H,9-10H2,1-4H3;5-8H,1-4H3;3H,1-2,4H2;. The van der Waals surface area contributed by atoms with E-state index in [-0.39, 0.29) is 31.5 Å². The van der Waals surface area contributed by atoms with E-state index in [9.17, 15) is 26.3 Å². The molecular weight excluding hydrogens is 777 g/mol. The molecule has 0 spiro atoms. The Hall–Kier alpha value is -0.724. The van der Waals surface area contributed by atoms with Crippen LogP contribution in [0.25, 0.3) is 0 Å². The van der Waals surface area contributed by atoms with E-state index in [0.717, 1.165) is 36.8 Å². The van der Waals surface area contributed by atoms with Crippen molar-refractivity contribution < 1.29 is 55.6 Å². The van der Waals surface area contributed by atoms with Crippen LogP contribution in [-0.4, -0.2) is 41.1 Å². The maximum Gasteiger partial charge on any atom is 0.420 e. The van der Waals surface area contributed by atoms with Gasteiger partial charge in [-0.05, 0) is 114 Å². The molecule has 0 aliphatic heterocycles. The maximum atomic E-state index is 13.5. The average molecular weight is 822 g/mol. The molecule has 0 bridgehead atoms. The summed E-state index contributed by atoms with van der Waals surface area (Å²) in [6.07, 6.45) is -4.11. The second-order valence-corrected chi connectivity index (χ2v) is 23.1. The molecule has 254 valence electrons. The van der Waals surface area contributed by atoms with Gasteiger partial charge in [0.1, 0.15) is 0 Å². The molecule has 2 aliphatic rings. The SMILES string of the molecule is CC(O[Si](C)(C)C)(c1ccc(Br)cc1)C(F)(F)F.CC(O[Si](C)(C)C)(c1ccc(NC2CC2)cc1)C(F)(F)F.NC1CC1.[Pd]. The molecule has 2 unspecified atom stereocenters. The third-order valence-electron chi connectivity index (χ3n) is 6.50. The molecule has 0 amide bonds. The predicted octanol–water partition coefficient (Wildman–Crippen LogP) is 10.1. The zero-order chi connectivity index (χ0) is 33.1. The summed E-state index contributed by atoms with van der Waals surface area (Å²) >= 11 is 3.21. The van der Waals surface area contributed by atoms with Gasteiger partial charge in [0.15, 0.2) is 27.8 Å². The first kappa shape index (κ1) is 41.3. The van der Waals surface area contributed by atoms with E-state index in [0.29, 0.717) is 12.1 Å². The molecule has 2 aromatic rings. The van der Waals surface area contributed by atoms with Gasteiger partial charge in [-0.25, -0.2) is 0 Å². The molecule has 14 heteroatoms. The van der Waals surface area contributed by atoms with E-state index < -0.39 is 40.2 Å². The Morgan fingerprint density at radius 1 is 0.682 bits per heavy atom. The topological polar surface area (TPSA) is 56.5 Å². The molecule has 3 N–H and O–H groups in total. The van der Waals surface area contributed by atoms with Gasteiger partial charge < -0.3 is 19.9 Å². The van der Waals surface area contributed by atoms with Crippen LogP contribution in [0.2, 0.25) is 39.3 Å². The molecule has 2 fully saturated rings. The third-order valence-corrected chi connectivity index (χ3v) is 9.07. The summed E-state index contributed by atoms with van der Waals surface area (Å²) in [4.78, 5) is 0. The second kappa shape index (κ2) is 15.5. The van der Waals surface area contributed by atoms with Crippen molar-refractivity contribution in [3.63, 3.8) is 0 Å². The van der Waals surface area contributed by atoms with Crippen LogP contribution in [0.5, 0.6) is 0 Å². The molecule has 2 saturated carbocycles. The number of nitrogens with two attached hydrogens (primary N) is 1. The normalized spacial score (nSPS) is 18.3. The van der Waals surface area contributed by atoms with Gasteiger partial charge in [0, 0.05) is 42.7 Å². The minimum Gasteiger partial charge on any atom is -0.401 e. The fourth-order valence-corrected chi connectivity index (χ4v) is 7.18. The molecule has 4 rings (SSSR count). The van der Waals surface area contributed by atoms with E-state index in [4.69, 9.17) is 14.6 Å². The van der Waals surface area contributed by atoms with E-state index in [1.807, 2.05) is 0 Å². The van der Waals surface area contributed by atoms with Crippen molar-refractivity contribution in [2.75, 3.05) is 5.32 Å². The van der Waals surface area contributed by atoms with Crippen LogP contribution in [0.15, 0.2) is 53.0 Å². The largest absolute Gasteiger partial charge is 0.420 e. The number of nitrogens with one attached hydrogen (secondary N) is 1. The Balaban J connectivity index is 0.000000385. The van der Waals surface area contributed by atoms with Gasteiger partial charge in [0.2, 0.25) is 0 Å². The number of hydrogen-bond donors (Lipinski definition) is 2. The van der Waals surface area contributed by atoms with Crippen molar-refractivity contribution in [2.24, 2.45) is 5.73 Å². The van der Waals surface area contributed by atoms with Crippen LogP contribution in [0, 0.1) is 0 Å². The molecule has 2 atom stereocenters. The number of rotatable bonds is 8. The van der Waals surface area contributed by atoms with Crippen molar-refractivity contribution in [3.8, 4) is 0 Å². The maximum absolute atomic E-state index is 13.5. The summed E-state index contributed by atoms with van der Waals surface area (Å²) in [6, 6.07) is 13.5. The molecule has 4 nitrogen and oxygen atoms in total. The Morgan fingerprint density at radius 2 is 1.00 bits per heavy atom. The zero-order valence-corrected chi connectivity index (χ0v) is 31.6. The van der Waals surface area contributed by atoms with Gasteiger partial charge in [-0.15, -0.1) is 0 Å². The van der Waals surface area contributed by atoms with Gasteiger partial charge in [-0.2, -0.15) is 26.3 Å². The van der Waals surface area contributed by atoms with Crippen molar-refractivity contribution in [2.45, 2.75) is 114 Å². The van der Waals surface area contributed by atoms with Crippen LogP contribution in [-0.2, 0) is 40.5 Å². The smallest absolute Gasteiger partial charge is 0.401 e. The minimum absolute atomic E-state index is 0. The number of halogens is 7. The quantitative estimate of drug-likeness (QED) is 0.206. The Bertz CT molecular complexity index is 1170. The first-order valence-electron chi connectivity index (χ1n) is 14.3. The van der Waals surface area contributed by atoms with Crippen LogP contribution in [0.4, 0.5) is 32.0 Å². The summed E-state index contributed by atoms with van der Waals surface area (Å²) in [6.45, 7) is 12.7. The summed E-state index contributed by atoms with van der Waals surface area (Å²) in [5.41, 5.74) is 1.85. The Labute approximate surface area is 282 Å². The fraction of sp³-hybridized carbons (Fsp3) is 0.600. The zero-order valence-electron chi connectivity index (χ0n) is 26.5. The van der Waals surface area contributed by atoms with E-state index in [1.54, 1.807) is 63.5 Å². The Morgan fingerprint density at radius 3 is 1.25 bits per heavy atom. The number of alkyl halides is 6. The summed E-state index contributed by atoms with van der Waals surface area (Å²) in [5, 5.41) is 3.27. The first-order chi connectivity index (χ1) is 19.4. The van der Waals surface area contributed by atoms with Crippen molar-refractivity contribution >= 4 is 38.3 Å². The molecule has 0 radical (unpaired) electrons. The van der Waals surface area contributed by atoms with Crippen LogP contribution in [0.1, 0.15) is 50.7 Å². The molecule has 2 aromatic carbocycles. The van der Waals surface area contributed by atoms with Crippen LogP contribution in [0.3, 0.4) is 0 Å². The molecule has 2 aliphatic carbocycles. The summed E-state index contributed by atoms with van der Waals surface area (Å²) in [7, 11) is -4.68. The van der Waals surface area contributed by atoms with Gasteiger partial charge in [0.25, 0.3) is 0 Å². The van der Waals surface area contributed by atoms with Gasteiger partial charge in [0.05, 0.1) is 0 Å². The van der Waals surface area contributed by atoms with Crippen molar-refractivity contribution in [1.82, 2.24) is 0 Å². The molecule has 44 heavy (non-hydrogen) atoms. The number of anilines is 1. The van der Waals surface area contributed by atoms with Crippen LogP contribution < -0.4 is 11.1 Å². The van der Waals surface area contributed by atoms with Crippen molar-refractivity contribution in [1.29, 1.82) is 0 Å². The first-order valence-corrected chi connectivity index (χ1v) is 21.9. The number of hydrogen-bond acceptors (Lipinski definition) is 4. The van der Waals surface area contributed by atoms with E-state index in [1.165, 1.54) is 37.1 Å². The minimum atomic E-state index is -4.45. The molecule has 0 saturated heterocycles. The third kappa shape index (κ3) is 13.2. The van der Waals surface area contributed by atoms with Crippen LogP contribution >= 0.6 is 15.9 Å². The predicted molar refractivity (Wildman–Crippen MR) is 170 cm³/mol. The monoisotopic (exact) mass is 820 g/mol. The fourth-order valence-electron chi connectivity index (χ4n) is 4.00. The average Bonchev–Trinajstić information content (AvgIpc) is 3.76. The number of benzene rings is 2. The molecule has 0 heterocycles. The van der Waals surface area contributed by atoms with Gasteiger partial charge in [-0.3, -0.25) is 0 Å². The summed E-state index contributed by atoms with van der Waals surface area (Å²) < 4.78 is 92.1. The van der Waals surface area contributed by atoms with E-state index >= 15 is 0 Å². The van der Waals surface area contributed by atoms with Gasteiger partial charge in [-0.1, -0.05) is 40.2 Å².